The summed E-state index contributed by atoms with van der Waals surface area (Å²) in [6, 6.07) is 16.2. The van der Waals surface area contributed by atoms with Crippen LogP contribution in [0.25, 0.3) is 11.1 Å². The van der Waals surface area contributed by atoms with Crippen LogP contribution in [0.3, 0.4) is 0 Å². The van der Waals surface area contributed by atoms with Gasteiger partial charge in [-0.2, -0.15) is 0 Å². The summed E-state index contributed by atoms with van der Waals surface area (Å²) in [4.78, 5) is 37.0. The zero-order chi connectivity index (χ0) is 23.8. The van der Waals surface area contributed by atoms with Crippen molar-refractivity contribution in [2.45, 2.75) is 31.8 Å². The highest BCUT2D eigenvalue weighted by molar-refractivity contribution is 5.79. The molecule has 0 aromatic heterocycles. The molecule has 2 N–H and O–H groups in total. The van der Waals surface area contributed by atoms with Crippen molar-refractivity contribution in [2.75, 3.05) is 33.4 Å². The number of nitrogens with one attached hydrogen (secondary N) is 1. The smallest absolute Gasteiger partial charge is 0.407 e. The van der Waals surface area contributed by atoms with Crippen LogP contribution in [-0.4, -0.2) is 67.4 Å². The molecule has 33 heavy (non-hydrogen) atoms. The number of hydrogen-bond acceptors (Lipinski definition) is 5. The maximum absolute atomic E-state index is 12.4. The highest BCUT2D eigenvalue weighted by Crippen LogP contribution is 2.44. The minimum absolute atomic E-state index is 0.0321. The average Bonchev–Trinajstić information content (AvgIpc) is 3.14. The lowest BCUT2D eigenvalue weighted by Gasteiger charge is -2.23. The second-order valence-electron chi connectivity index (χ2n) is 7.89. The molecule has 3 rings (SSSR count). The Morgan fingerprint density at radius 2 is 1.67 bits per heavy atom. The van der Waals surface area contributed by atoms with Crippen LogP contribution in [0, 0.1) is 0 Å². The van der Waals surface area contributed by atoms with E-state index in [0.29, 0.717) is 6.54 Å². The van der Waals surface area contributed by atoms with Gasteiger partial charge in [0.05, 0.1) is 18.9 Å². The molecule has 8 heteroatoms. The van der Waals surface area contributed by atoms with Gasteiger partial charge < -0.3 is 24.8 Å². The zero-order valence-electron chi connectivity index (χ0n) is 19.0. The molecule has 2 aromatic carbocycles. The topological polar surface area (TPSA) is 105 Å². The molecule has 0 heterocycles. The third-order valence-corrected chi connectivity index (χ3v) is 5.88. The first-order valence-corrected chi connectivity index (χ1v) is 11.1. The van der Waals surface area contributed by atoms with Gasteiger partial charge in [-0.1, -0.05) is 48.5 Å². The number of benzene rings is 2. The second-order valence-corrected chi connectivity index (χ2v) is 7.89. The maximum atomic E-state index is 12.4. The van der Waals surface area contributed by atoms with Gasteiger partial charge in [0.1, 0.15) is 6.61 Å². The molecule has 0 spiro atoms. The molecule has 0 fully saturated rings. The van der Waals surface area contributed by atoms with E-state index >= 15 is 0 Å². The number of alkyl carbamates (subject to hydrolysis) is 1. The molecule has 0 bridgehead atoms. The van der Waals surface area contributed by atoms with Gasteiger partial charge in [-0.25, -0.2) is 4.79 Å². The lowest BCUT2D eigenvalue weighted by molar-refractivity contribution is -0.139. The molecule has 176 valence electrons. The number of rotatable bonds is 11. The number of methoxy groups -OCH3 is 1. The summed E-state index contributed by atoms with van der Waals surface area (Å²) in [5, 5.41) is 11.5. The van der Waals surface area contributed by atoms with Crippen molar-refractivity contribution >= 4 is 18.0 Å². The standard InChI is InChI=1S/C25H30N2O6/c1-3-27(13-12-24(29)30)23(28)14-17(32-2)15-26-25(31)33-16-22-20-10-6-4-8-18(20)19-9-5-7-11-21(19)22/h4-11,17,22H,3,12-16H2,1-2H3,(H,26,31)(H,29,30). The quantitative estimate of drug-likeness (QED) is 0.540. The Kier molecular flexibility index (Phi) is 8.43. The second kappa shape index (κ2) is 11.5. The van der Waals surface area contributed by atoms with Crippen LogP contribution in [0.5, 0.6) is 0 Å². The molecular formula is C25H30N2O6. The Bertz CT molecular complexity index is 947. The minimum Gasteiger partial charge on any atom is -0.481 e. The van der Waals surface area contributed by atoms with Crippen LogP contribution in [0.2, 0.25) is 0 Å². The summed E-state index contributed by atoms with van der Waals surface area (Å²) in [5.41, 5.74) is 4.58. The van der Waals surface area contributed by atoms with E-state index in [1.165, 1.54) is 12.0 Å². The number of carbonyl (C=O) groups excluding carboxylic acids is 2. The van der Waals surface area contributed by atoms with Crippen molar-refractivity contribution in [1.82, 2.24) is 10.2 Å². The molecule has 0 aliphatic heterocycles. The fraction of sp³-hybridized carbons (Fsp3) is 0.400. The Morgan fingerprint density at radius 1 is 1.06 bits per heavy atom. The number of carboxylic acid groups (broad SMARTS) is 1. The van der Waals surface area contributed by atoms with Gasteiger partial charge in [-0.15, -0.1) is 0 Å². The van der Waals surface area contributed by atoms with E-state index in [1.807, 2.05) is 24.3 Å². The number of fused-ring (bicyclic) bond motifs is 3. The van der Waals surface area contributed by atoms with E-state index in [-0.39, 0.29) is 44.4 Å². The molecule has 0 saturated heterocycles. The monoisotopic (exact) mass is 454 g/mol. The Labute approximate surface area is 193 Å². The van der Waals surface area contributed by atoms with Crippen molar-refractivity contribution in [1.29, 1.82) is 0 Å². The van der Waals surface area contributed by atoms with E-state index in [0.717, 1.165) is 22.3 Å². The van der Waals surface area contributed by atoms with Crippen LogP contribution in [-0.2, 0) is 19.1 Å². The molecule has 1 aliphatic carbocycles. The summed E-state index contributed by atoms with van der Waals surface area (Å²) < 4.78 is 10.8. The molecule has 1 atom stereocenters. The van der Waals surface area contributed by atoms with Crippen molar-refractivity contribution in [3.63, 3.8) is 0 Å². The summed E-state index contributed by atoms with van der Waals surface area (Å²) in [5.74, 6) is -1.21. The highest BCUT2D eigenvalue weighted by atomic mass is 16.5. The van der Waals surface area contributed by atoms with Crippen molar-refractivity contribution < 1.29 is 29.0 Å². The fourth-order valence-electron chi connectivity index (χ4n) is 4.10. The van der Waals surface area contributed by atoms with Gasteiger partial charge in [0.25, 0.3) is 0 Å². The summed E-state index contributed by atoms with van der Waals surface area (Å²) in [6.45, 7) is 2.64. The van der Waals surface area contributed by atoms with E-state index in [4.69, 9.17) is 14.6 Å². The SMILES string of the molecule is CCN(CCC(=O)O)C(=O)CC(CNC(=O)OCC1c2ccccc2-c2ccccc21)OC. The third kappa shape index (κ3) is 6.10. The first-order chi connectivity index (χ1) is 15.9. The van der Waals surface area contributed by atoms with Gasteiger partial charge in [0.2, 0.25) is 5.91 Å². The maximum Gasteiger partial charge on any atom is 0.407 e. The number of carboxylic acids is 1. The van der Waals surface area contributed by atoms with E-state index in [1.54, 1.807) is 6.92 Å². The molecule has 0 saturated carbocycles. The van der Waals surface area contributed by atoms with E-state index in [2.05, 4.69) is 29.6 Å². The number of ether oxygens (including phenoxy) is 2. The van der Waals surface area contributed by atoms with Crippen LogP contribution in [0.4, 0.5) is 4.79 Å². The van der Waals surface area contributed by atoms with Gasteiger partial charge >= 0.3 is 12.1 Å². The summed E-state index contributed by atoms with van der Waals surface area (Å²) >= 11 is 0. The average molecular weight is 455 g/mol. The predicted octanol–water partition coefficient (Wildman–Crippen LogP) is 3.25. The molecule has 2 aromatic rings. The van der Waals surface area contributed by atoms with Crippen molar-refractivity contribution in [2.24, 2.45) is 0 Å². The molecule has 0 radical (unpaired) electrons. The summed E-state index contributed by atoms with van der Waals surface area (Å²) in [6.07, 6.45) is -1.20. The molecule has 2 amide bonds. The lowest BCUT2D eigenvalue weighted by atomic mass is 9.98. The van der Waals surface area contributed by atoms with Crippen LogP contribution in [0.1, 0.15) is 36.8 Å². The van der Waals surface area contributed by atoms with Gasteiger partial charge in [-0.05, 0) is 29.2 Å². The van der Waals surface area contributed by atoms with E-state index in [9.17, 15) is 14.4 Å². The first-order valence-electron chi connectivity index (χ1n) is 11.1. The Balaban J connectivity index is 1.51. The normalized spacial score (nSPS) is 13.0. The number of amides is 2. The third-order valence-electron chi connectivity index (χ3n) is 5.88. The van der Waals surface area contributed by atoms with Crippen molar-refractivity contribution in [3.05, 3.63) is 59.7 Å². The number of carbonyl (C=O) groups is 3. The fourth-order valence-corrected chi connectivity index (χ4v) is 4.10. The van der Waals surface area contributed by atoms with E-state index < -0.39 is 18.2 Å². The number of aliphatic carboxylic acids is 1. The summed E-state index contributed by atoms with van der Waals surface area (Å²) in [7, 11) is 1.46. The van der Waals surface area contributed by atoms with Crippen LogP contribution in [0.15, 0.2) is 48.5 Å². The van der Waals surface area contributed by atoms with Gasteiger partial charge in [0, 0.05) is 32.7 Å². The highest BCUT2D eigenvalue weighted by Gasteiger charge is 2.29. The van der Waals surface area contributed by atoms with Gasteiger partial charge in [0.15, 0.2) is 0 Å². The molecule has 1 aliphatic rings. The minimum atomic E-state index is -0.957. The lowest BCUT2D eigenvalue weighted by Crippen LogP contribution is -2.39. The predicted molar refractivity (Wildman–Crippen MR) is 123 cm³/mol. The first kappa shape index (κ1) is 24.3. The van der Waals surface area contributed by atoms with Crippen molar-refractivity contribution in [3.8, 4) is 11.1 Å². The van der Waals surface area contributed by atoms with Crippen LogP contribution < -0.4 is 5.32 Å². The number of nitrogens with zero attached hydrogens (tertiary/aromatic N) is 1. The number of hydrogen-bond donors (Lipinski definition) is 2. The molecule has 1 unspecified atom stereocenters. The van der Waals surface area contributed by atoms with Crippen LogP contribution >= 0.6 is 0 Å². The zero-order valence-corrected chi connectivity index (χ0v) is 19.0. The Hall–Kier alpha value is -3.39. The largest absolute Gasteiger partial charge is 0.481 e. The molecular weight excluding hydrogens is 424 g/mol. The molecule has 8 nitrogen and oxygen atoms in total. The van der Waals surface area contributed by atoms with Gasteiger partial charge in [-0.3, -0.25) is 9.59 Å². The Morgan fingerprint density at radius 3 is 2.21 bits per heavy atom.